The normalized spacial score (nSPS) is 15.6. The Hall–Kier alpha value is -0.290. The molecule has 0 aliphatic heterocycles. The van der Waals surface area contributed by atoms with Crippen molar-refractivity contribution in [3.63, 3.8) is 0 Å². The maximum atomic E-state index is 12.0. The van der Waals surface area contributed by atoms with Gasteiger partial charge in [-0.25, -0.2) is 0 Å². The number of hydrogen-bond acceptors (Lipinski definition) is 2. The third-order valence-corrected chi connectivity index (χ3v) is 1.91. The molecule has 1 atom stereocenters. The second-order valence-corrected chi connectivity index (χ2v) is 4.22. The Labute approximate surface area is 82.5 Å². The first-order valence-corrected chi connectivity index (χ1v) is 4.61. The van der Waals surface area contributed by atoms with E-state index in [0.29, 0.717) is 6.42 Å². The van der Waals surface area contributed by atoms with Crippen LogP contribution in [0.1, 0.15) is 33.6 Å². The molecule has 0 spiro atoms. The van der Waals surface area contributed by atoms with Crippen LogP contribution in [0.3, 0.4) is 0 Å². The summed E-state index contributed by atoms with van der Waals surface area (Å²) < 4.78 is 35.9. The largest absolute Gasteiger partial charge is 0.396 e. The smallest absolute Gasteiger partial charge is 0.390 e. The third kappa shape index (κ3) is 7.15. The zero-order valence-corrected chi connectivity index (χ0v) is 8.78. The number of rotatable bonds is 5. The van der Waals surface area contributed by atoms with Crippen LogP contribution >= 0.6 is 0 Å². The minimum Gasteiger partial charge on any atom is -0.396 e. The molecule has 0 rings (SSSR count). The second-order valence-electron chi connectivity index (χ2n) is 4.22. The van der Waals surface area contributed by atoms with Gasteiger partial charge in [0, 0.05) is 18.2 Å². The molecule has 0 saturated heterocycles. The fraction of sp³-hybridized carbons (Fsp3) is 1.00. The Bertz CT molecular complexity index is 168. The number of nitrogens with one attached hydrogen (secondary N) is 1. The van der Waals surface area contributed by atoms with Crippen molar-refractivity contribution in [1.29, 1.82) is 0 Å². The van der Waals surface area contributed by atoms with E-state index in [0.717, 1.165) is 0 Å². The van der Waals surface area contributed by atoms with E-state index < -0.39 is 24.2 Å². The zero-order chi connectivity index (χ0) is 11.4. The van der Waals surface area contributed by atoms with Crippen LogP contribution in [0.15, 0.2) is 0 Å². The molecule has 0 heterocycles. The Balaban J connectivity index is 3.98. The first-order chi connectivity index (χ1) is 6.16. The Morgan fingerprint density at radius 2 is 1.79 bits per heavy atom. The minimum atomic E-state index is -4.14. The summed E-state index contributed by atoms with van der Waals surface area (Å²) in [7, 11) is 0. The van der Waals surface area contributed by atoms with Crippen molar-refractivity contribution < 1.29 is 18.3 Å². The maximum Gasteiger partial charge on any atom is 0.390 e. The van der Waals surface area contributed by atoms with E-state index >= 15 is 0 Å². The minimum absolute atomic E-state index is 0.0290. The van der Waals surface area contributed by atoms with E-state index in [1.165, 1.54) is 6.92 Å². The molecule has 0 radical (unpaired) electrons. The third-order valence-electron chi connectivity index (χ3n) is 1.91. The topological polar surface area (TPSA) is 32.3 Å². The van der Waals surface area contributed by atoms with Gasteiger partial charge < -0.3 is 10.4 Å². The van der Waals surface area contributed by atoms with E-state index in [4.69, 9.17) is 5.11 Å². The number of aliphatic hydroxyl groups excluding tert-OH is 1. The van der Waals surface area contributed by atoms with Crippen LogP contribution in [0, 0.1) is 0 Å². The molecule has 0 saturated carbocycles. The predicted octanol–water partition coefficient (Wildman–Crippen LogP) is 2.08. The Kier molecular flexibility index (Phi) is 4.88. The lowest BCUT2D eigenvalue weighted by Gasteiger charge is -2.30. The van der Waals surface area contributed by atoms with Gasteiger partial charge in [-0.1, -0.05) is 0 Å². The summed E-state index contributed by atoms with van der Waals surface area (Å²) in [5, 5.41) is 11.5. The van der Waals surface area contributed by atoms with Gasteiger partial charge in [-0.05, 0) is 27.2 Å². The Morgan fingerprint density at radius 1 is 1.29 bits per heavy atom. The van der Waals surface area contributed by atoms with E-state index in [1.807, 2.05) is 0 Å². The highest BCUT2D eigenvalue weighted by Gasteiger charge is 2.31. The van der Waals surface area contributed by atoms with E-state index in [9.17, 15) is 13.2 Å². The standard InChI is InChI=1S/C9H18F3NO/c1-7(6-9(10,11)12)13-8(2,3)4-5-14/h7,13-14H,4-6H2,1-3H3. The van der Waals surface area contributed by atoms with Gasteiger partial charge in [0.25, 0.3) is 0 Å². The van der Waals surface area contributed by atoms with Crippen LogP contribution in [0.4, 0.5) is 13.2 Å². The van der Waals surface area contributed by atoms with E-state index in [1.54, 1.807) is 13.8 Å². The molecule has 2 nitrogen and oxygen atoms in total. The summed E-state index contributed by atoms with van der Waals surface area (Å²) in [4.78, 5) is 0. The molecule has 14 heavy (non-hydrogen) atoms. The fourth-order valence-electron chi connectivity index (χ4n) is 1.42. The van der Waals surface area contributed by atoms with Crippen molar-refractivity contribution >= 4 is 0 Å². The molecule has 5 heteroatoms. The summed E-state index contributed by atoms with van der Waals surface area (Å²) in [6.07, 6.45) is -4.54. The highest BCUT2D eigenvalue weighted by molar-refractivity contribution is 4.81. The lowest BCUT2D eigenvalue weighted by atomic mass is 9.99. The average Bonchev–Trinajstić information content (AvgIpc) is 1.78. The van der Waals surface area contributed by atoms with Crippen LogP contribution in [0.2, 0.25) is 0 Å². The molecule has 2 N–H and O–H groups in total. The monoisotopic (exact) mass is 213 g/mol. The average molecular weight is 213 g/mol. The Morgan fingerprint density at radius 3 is 2.14 bits per heavy atom. The molecular weight excluding hydrogens is 195 g/mol. The summed E-state index contributed by atoms with van der Waals surface area (Å²) in [6, 6.07) is -0.628. The molecule has 0 aromatic rings. The predicted molar refractivity (Wildman–Crippen MR) is 49.1 cm³/mol. The molecule has 1 unspecified atom stereocenters. The summed E-state index contributed by atoms with van der Waals surface area (Å²) in [5.41, 5.74) is -0.459. The molecule has 0 aromatic carbocycles. The van der Waals surface area contributed by atoms with Crippen molar-refractivity contribution in [3.8, 4) is 0 Å². The van der Waals surface area contributed by atoms with E-state index in [2.05, 4.69) is 5.32 Å². The molecule has 0 bridgehead atoms. The van der Waals surface area contributed by atoms with Gasteiger partial charge in [0.2, 0.25) is 0 Å². The van der Waals surface area contributed by atoms with Gasteiger partial charge in [0.05, 0.1) is 6.42 Å². The summed E-state index contributed by atoms with van der Waals surface area (Å²) in [5.74, 6) is 0. The molecular formula is C9H18F3NO. The van der Waals surface area contributed by atoms with Gasteiger partial charge >= 0.3 is 6.18 Å². The second kappa shape index (κ2) is 4.98. The van der Waals surface area contributed by atoms with Crippen LogP contribution in [0.5, 0.6) is 0 Å². The SMILES string of the molecule is CC(CC(F)(F)F)NC(C)(C)CCO. The highest BCUT2D eigenvalue weighted by Crippen LogP contribution is 2.22. The number of halogens is 3. The molecule has 86 valence electrons. The van der Waals surface area contributed by atoms with Gasteiger partial charge in [0.15, 0.2) is 0 Å². The number of aliphatic hydroxyl groups is 1. The van der Waals surface area contributed by atoms with Gasteiger partial charge in [-0.15, -0.1) is 0 Å². The van der Waals surface area contributed by atoms with Gasteiger partial charge in [0.1, 0.15) is 0 Å². The van der Waals surface area contributed by atoms with Crippen molar-refractivity contribution in [2.24, 2.45) is 0 Å². The molecule has 0 aromatic heterocycles. The summed E-state index contributed by atoms with van der Waals surface area (Å²) in [6.45, 7) is 5.01. The fourth-order valence-corrected chi connectivity index (χ4v) is 1.42. The van der Waals surface area contributed by atoms with Crippen molar-refractivity contribution in [1.82, 2.24) is 5.32 Å². The quantitative estimate of drug-likeness (QED) is 0.732. The maximum absolute atomic E-state index is 12.0. The molecule has 0 aliphatic rings. The van der Waals surface area contributed by atoms with Gasteiger partial charge in [-0.2, -0.15) is 13.2 Å². The number of hydrogen-bond donors (Lipinski definition) is 2. The van der Waals surface area contributed by atoms with E-state index in [-0.39, 0.29) is 6.61 Å². The highest BCUT2D eigenvalue weighted by atomic mass is 19.4. The zero-order valence-electron chi connectivity index (χ0n) is 8.78. The van der Waals surface area contributed by atoms with Crippen LogP contribution in [0.25, 0.3) is 0 Å². The van der Waals surface area contributed by atoms with Crippen LogP contribution in [-0.4, -0.2) is 29.5 Å². The van der Waals surface area contributed by atoms with Crippen LogP contribution < -0.4 is 5.32 Å². The molecule has 0 aliphatic carbocycles. The molecule has 0 amide bonds. The van der Waals surface area contributed by atoms with Crippen LogP contribution in [-0.2, 0) is 0 Å². The first-order valence-electron chi connectivity index (χ1n) is 4.61. The molecule has 0 fully saturated rings. The summed E-state index contributed by atoms with van der Waals surface area (Å²) >= 11 is 0. The lowest BCUT2D eigenvalue weighted by Crippen LogP contribution is -2.46. The van der Waals surface area contributed by atoms with Gasteiger partial charge in [-0.3, -0.25) is 0 Å². The first kappa shape index (κ1) is 13.7. The lowest BCUT2D eigenvalue weighted by molar-refractivity contribution is -0.140. The van der Waals surface area contributed by atoms with Crippen molar-refractivity contribution in [2.45, 2.75) is 51.4 Å². The van der Waals surface area contributed by atoms with Crippen molar-refractivity contribution in [3.05, 3.63) is 0 Å². The van der Waals surface area contributed by atoms with Crippen molar-refractivity contribution in [2.75, 3.05) is 6.61 Å². The number of alkyl halides is 3.